The highest BCUT2D eigenvalue weighted by molar-refractivity contribution is 5.80. The fourth-order valence-electron chi connectivity index (χ4n) is 1.48. The van der Waals surface area contributed by atoms with Gasteiger partial charge in [-0.05, 0) is 23.3 Å². The number of rotatable bonds is 3. The van der Waals surface area contributed by atoms with E-state index in [2.05, 4.69) is 4.99 Å². The molecule has 0 fully saturated rings. The summed E-state index contributed by atoms with van der Waals surface area (Å²) in [4.78, 5) is 4.31. The van der Waals surface area contributed by atoms with Crippen molar-refractivity contribution in [2.75, 3.05) is 5.73 Å². The van der Waals surface area contributed by atoms with Crippen LogP contribution in [-0.4, -0.2) is 6.21 Å². The van der Waals surface area contributed by atoms with Gasteiger partial charge in [0.25, 0.3) is 0 Å². The Bertz CT molecular complexity index is 489. The Hall–Kier alpha value is -2.13. The largest absolute Gasteiger partial charge is 0.399 e. The predicted octanol–water partition coefficient (Wildman–Crippen LogP) is 2.35. The molecule has 0 radical (unpaired) electrons. The molecule has 17 heavy (non-hydrogen) atoms. The number of benzene rings is 2. The summed E-state index contributed by atoms with van der Waals surface area (Å²) in [5.74, 6) is 0. The van der Waals surface area contributed by atoms with Crippen LogP contribution in [0, 0.1) is 0 Å². The van der Waals surface area contributed by atoms with Crippen molar-refractivity contribution in [3.63, 3.8) is 0 Å². The van der Waals surface area contributed by atoms with Crippen molar-refractivity contribution in [2.24, 2.45) is 10.7 Å². The average molecular weight is 225 g/mol. The van der Waals surface area contributed by atoms with E-state index in [1.165, 1.54) is 0 Å². The topological polar surface area (TPSA) is 64.4 Å². The summed E-state index contributed by atoms with van der Waals surface area (Å²) in [6, 6.07) is 17.3. The Morgan fingerprint density at radius 3 is 2.24 bits per heavy atom. The molecule has 4 N–H and O–H groups in total. The molecular weight excluding hydrogens is 210 g/mol. The minimum absolute atomic E-state index is 0.325. The Morgan fingerprint density at radius 2 is 1.59 bits per heavy atom. The molecule has 0 amide bonds. The van der Waals surface area contributed by atoms with Crippen LogP contribution >= 0.6 is 0 Å². The van der Waals surface area contributed by atoms with Gasteiger partial charge in [-0.3, -0.25) is 4.99 Å². The zero-order chi connectivity index (χ0) is 12.1. The third-order valence-corrected chi connectivity index (χ3v) is 2.46. The van der Waals surface area contributed by atoms with Gasteiger partial charge in [0.1, 0.15) is 6.17 Å². The molecular formula is C14H15N3. The maximum Gasteiger partial charge on any atom is 0.123 e. The molecule has 0 bridgehead atoms. The van der Waals surface area contributed by atoms with E-state index in [0.29, 0.717) is 0 Å². The molecule has 2 aromatic carbocycles. The lowest BCUT2D eigenvalue weighted by Gasteiger charge is -2.05. The van der Waals surface area contributed by atoms with Crippen LogP contribution in [0.5, 0.6) is 0 Å². The Morgan fingerprint density at radius 1 is 0.941 bits per heavy atom. The van der Waals surface area contributed by atoms with Gasteiger partial charge in [-0.2, -0.15) is 0 Å². The first-order valence-electron chi connectivity index (χ1n) is 5.45. The number of nitrogens with two attached hydrogens (primary N) is 2. The molecule has 1 atom stereocenters. The molecule has 0 aliphatic heterocycles. The van der Waals surface area contributed by atoms with Crippen molar-refractivity contribution in [1.82, 2.24) is 0 Å². The van der Waals surface area contributed by atoms with E-state index < -0.39 is 0 Å². The SMILES string of the molecule is Nc1ccc(C=NC(N)c2ccccc2)cc1. The van der Waals surface area contributed by atoms with Gasteiger partial charge in [-0.25, -0.2) is 0 Å². The summed E-state index contributed by atoms with van der Waals surface area (Å²) in [6.45, 7) is 0. The van der Waals surface area contributed by atoms with Crippen LogP contribution in [0.2, 0.25) is 0 Å². The zero-order valence-corrected chi connectivity index (χ0v) is 9.45. The third-order valence-electron chi connectivity index (χ3n) is 2.46. The summed E-state index contributed by atoms with van der Waals surface area (Å²) in [6.07, 6.45) is 1.44. The summed E-state index contributed by atoms with van der Waals surface area (Å²) in [7, 11) is 0. The molecule has 2 rings (SSSR count). The monoisotopic (exact) mass is 225 g/mol. The average Bonchev–Trinajstić information content (AvgIpc) is 2.39. The van der Waals surface area contributed by atoms with Crippen molar-refractivity contribution in [3.8, 4) is 0 Å². The third kappa shape index (κ3) is 3.16. The number of nitrogens with zero attached hydrogens (tertiary/aromatic N) is 1. The molecule has 3 nitrogen and oxygen atoms in total. The quantitative estimate of drug-likeness (QED) is 0.622. The van der Waals surface area contributed by atoms with Crippen LogP contribution in [0.1, 0.15) is 17.3 Å². The van der Waals surface area contributed by atoms with E-state index in [1.807, 2.05) is 54.6 Å². The molecule has 3 heteroatoms. The fraction of sp³-hybridized carbons (Fsp3) is 0.0714. The van der Waals surface area contributed by atoms with Crippen LogP contribution in [0.25, 0.3) is 0 Å². The van der Waals surface area contributed by atoms with Crippen molar-refractivity contribution in [3.05, 3.63) is 65.7 Å². The normalized spacial score (nSPS) is 12.8. The Balaban J connectivity index is 2.08. The molecule has 0 spiro atoms. The predicted molar refractivity (Wildman–Crippen MR) is 71.8 cm³/mol. The maximum absolute atomic E-state index is 5.95. The fourth-order valence-corrected chi connectivity index (χ4v) is 1.48. The molecule has 1 unspecified atom stereocenters. The van der Waals surface area contributed by atoms with Crippen molar-refractivity contribution < 1.29 is 0 Å². The van der Waals surface area contributed by atoms with Gasteiger partial charge < -0.3 is 11.5 Å². The molecule has 0 saturated heterocycles. The summed E-state index contributed by atoms with van der Waals surface area (Å²) >= 11 is 0. The highest BCUT2D eigenvalue weighted by Crippen LogP contribution is 2.11. The van der Waals surface area contributed by atoms with Crippen LogP contribution in [0.4, 0.5) is 5.69 Å². The zero-order valence-electron chi connectivity index (χ0n) is 9.45. The number of nitrogen functional groups attached to an aromatic ring is 1. The van der Waals surface area contributed by atoms with E-state index in [0.717, 1.165) is 16.8 Å². The van der Waals surface area contributed by atoms with Crippen LogP contribution in [0.15, 0.2) is 59.6 Å². The van der Waals surface area contributed by atoms with Gasteiger partial charge in [0, 0.05) is 11.9 Å². The second-order valence-corrected chi connectivity index (χ2v) is 3.80. The molecule has 0 saturated carbocycles. The Kier molecular flexibility index (Phi) is 3.52. The molecule has 2 aromatic rings. The first-order chi connectivity index (χ1) is 8.25. The molecule has 86 valence electrons. The van der Waals surface area contributed by atoms with E-state index in [-0.39, 0.29) is 6.17 Å². The second kappa shape index (κ2) is 5.27. The summed E-state index contributed by atoms with van der Waals surface area (Å²) < 4.78 is 0. The minimum atomic E-state index is -0.325. The lowest BCUT2D eigenvalue weighted by Crippen LogP contribution is -2.07. The smallest absolute Gasteiger partial charge is 0.123 e. The standard InChI is InChI=1S/C14H15N3/c15-13-8-6-11(7-9-13)10-17-14(16)12-4-2-1-3-5-12/h1-10,14H,15-16H2. The Labute approximate surface area is 101 Å². The van der Waals surface area contributed by atoms with E-state index in [1.54, 1.807) is 6.21 Å². The molecule has 0 heterocycles. The number of hydrogen-bond acceptors (Lipinski definition) is 3. The number of hydrogen-bond donors (Lipinski definition) is 2. The van der Waals surface area contributed by atoms with Gasteiger partial charge in [0.05, 0.1) is 0 Å². The molecule has 0 aromatic heterocycles. The number of anilines is 1. The van der Waals surface area contributed by atoms with E-state index in [4.69, 9.17) is 11.5 Å². The van der Waals surface area contributed by atoms with Gasteiger partial charge in [0.15, 0.2) is 0 Å². The lowest BCUT2D eigenvalue weighted by atomic mass is 10.2. The summed E-state index contributed by atoms with van der Waals surface area (Å²) in [5.41, 5.74) is 14.3. The lowest BCUT2D eigenvalue weighted by molar-refractivity contribution is 0.780. The van der Waals surface area contributed by atoms with Crippen molar-refractivity contribution >= 4 is 11.9 Å². The van der Waals surface area contributed by atoms with Crippen LogP contribution in [0.3, 0.4) is 0 Å². The maximum atomic E-state index is 5.95. The molecule has 0 aliphatic rings. The van der Waals surface area contributed by atoms with Gasteiger partial charge in [0.2, 0.25) is 0 Å². The van der Waals surface area contributed by atoms with Crippen LogP contribution in [-0.2, 0) is 0 Å². The first-order valence-corrected chi connectivity index (χ1v) is 5.45. The minimum Gasteiger partial charge on any atom is -0.399 e. The van der Waals surface area contributed by atoms with Crippen molar-refractivity contribution in [2.45, 2.75) is 6.17 Å². The van der Waals surface area contributed by atoms with E-state index in [9.17, 15) is 0 Å². The van der Waals surface area contributed by atoms with Crippen LogP contribution < -0.4 is 11.5 Å². The molecule has 0 aliphatic carbocycles. The van der Waals surface area contributed by atoms with Gasteiger partial charge in [-0.15, -0.1) is 0 Å². The summed E-state index contributed by atoms with van der Waals surface area (Å²) in [5, 5.41) is 0. The number of aliphatic imine (C=N–C) groups is 1. The van der Waals surface area contributed by atoms with Gasteiger partial charge in [-0.1, -0.05) is 42.5 Å². The highest BCUT2D eigenvalue weighted by Gasteiger charge is 2.00. The van der Waals surface area contributed by atoms with Gasteiger partial charge >= 0.3 is 0 Å². The second-order valence-electron chi connectivity index (χ2n) is 3.80. The van der Waals surface area contributed by atoms with E-state index >= 15 is 0 Å². The first kappa shape index (κ1) is 11.4. The highest BCUT2D eigenvalue weighted by atomic mass is 14.9. The van der Waals surface area contributed by atoms with Crippen molar-refractivity contribution in [1.29, 1.82) is 0 Å².